The Bertz CT molecular complexity index is 763. The van der Waals surface area contributed by atoms with Crippen molar-refractivity contribution in [1.29, 1.82) is 0 Å². The first kappa shape index (κ1) is 20.6. The Morgan fingerprint density at radius 3 is 2.52 bits per heavy atom. The van der Waals surface area contributed by atoms with Crippen LogP contribution in [-0.2, 0) is 4.74 Å². The van der Waals surface area contributed by atoms with Crippen molar-refractivity contribution < 1.29 is 9.53 Å². The van der Waals surface area contributed by atoms with E-state index in [1.807, 2.05) is 26.8 Å². The molecule has 2 aromatic heterocycles. The number of aromatic amines is 1. The Hall–Kier alpha value is -2.70. The Morgan fingerprint density at radius 2 is 1.93 bits per heavy atom. The highest BCUT2D eigenvalue weighted by molar-refractivity contribution is 5.68. The Balaban J connectivity index is 0.000000194. The zero-order chi connectivity index (χ0) is 19.7. The van der Waals surface area contributed by atoms with Gasteiger partial charge in [-0.05, 0) is 45.7 Å². The van der Waals surface area contributed by atoms with Crippen molar-refractivity contribution in [1.82, 2.24) is 20.3 Å². The van der Waals surface area contributed by atoms with Crippen molar-refractivity contribution in [2.24, 2.45) is 0 Å². The van der Waals surface area contributed by atoms with Gasteiger partial charge in [0.05, 0.1) is 0 Å². The number of carbonyl (C=O) groups is 1. The molecule has 1 aliphatic carbocycles. The Kier molecular flexibility index (Phi) is 7.52. The van der Waals surface area contributed by atoms with E-state index in [0.29, 0.717) is 11.9 Å². The van der Waals surface area contributed by atoms with Gasteiger partial charge in [-0.1, -0.05) is 19.3 Å². The number of ether oxygens (including phenoxy) is 1. The van der Waals surface area contributed by atoms with Gasteiger partial charge in [0.15, 0.2) is 0 Å². The number of alkyl carbamates (subject to hydrolysis) is 1. The third kappa shape index (κ3) is 8.02. The van der Waals surface area contributed by atoms with E-state index < -0.39 is 5.60 Å². The molecule has 1 saturated carbocycles. The van der Waals surface area contributed by atoms with Gasteiger partial charge < -0.3 is 15.0 Å². The second-order valence-corrected chi connectivity index (χ2v) is 7.51. The van der Waals surface area contributed by atoms with Crippen LogP contribution in [0.15, 0.2) is 41.6 Å². The largest absolute Gasteiger partial charge is 0.444 e. The summed E-state index contributed by atoms with van der Waals surface area (Å²) in [5.74, 6) is 0.542. The first-order chi connectivity index (χ1) is 12.8. The van der Waals surface area contributed by atoms with Crippen molar-refractivity contribution in [3.05, 3.63) is 47.1 Å². The van der Waals surface area contributed by atoms with Gasteiger partial charge in [-0.2, -0.15) is 0 Å². The fraction of sp³-hybridized carbons (Fsp3) is 0.500. The summed E-state index contributed by atoms with van der Waals surface area (Å²) in [5, 5.41) is 2.91. The number of hydrogen-bond acceptors (Lipinski definition) is 5. The molecule has 0 aliphatic heterocycles. The maximum atomic E-state index is 11.4. The van der Waals surface area contributed by atoms with Gasteiger partial charge >= 0.3 is 6.09 Å². The fourth-order valence-corrected chi connectivity index (χ4v) is 2.74. The summed E-state index contributed by atoms with van der Waals surface area (Å²) in [6.07, 6.45) is 10.5. The summed E-state index contributed by atoms with van der Waals surface area (Å²) in [6, 6.07) is 5.34. The van der Waals surface area contributed by atoms with Gasteiger partial charge in [0.2, 0.25) is 0 Å². The molecule has 146 valence electrons. The molecule has 0 saturated heterocycles. The van der Waals surface area contributed by atoms with E-state index in [0.717, 1.165) is 18.4 Å². The lowest BCUT2D eigenvalue weighted by Gasteiger charge is -2.25. The molecule has 1 fully saturated rings. The van der Waals surface area contributed by atoms with Crippen LogP contribution in [0.25, 0.3) is 11.4 Å². The summed E-state index contributed by atoms with van der Waals surface area (Å²) in [6.45, 7) is 5.65. The number of carbonyl (C=O) groups excluding carboxylic acids is 1. The molecule has 0 radical (unpaired) electrons. The molecule has 0 bridgehead atoms. The summed E-state index contributed by atoms with van der Waals surface area (Å²) in [5.41, 5.74) is 0.257. The van der Waals surface area contributed by atoms with E-state index in [1.165, 1.54) is 31.5 Å². The molecule has 2 heterocycles. The van der Waals surface area contributed by atoms with Crippen molar-refractivity contribution >= 4 is 6.09 Å². The summed E-state index contributed by atoms with van der Waals surface area (Å²) < 4.78 is 5.19. The van der Waals surface area contributed by atoms with Crippen molar-refractivity contribution in [3.8, 4) is 11.4 Å². The zero-order valence-corrected chi connectivity index (χ0v) is 16.2. The maximum Gasteiger partial charge on any atom is 0.407 e. The lowest BCUT2D eigenvalue weighted by molar-refractivity contribution is 0.0493. The normalized spacial score (nSPS) is 14.6. The van der Waals surface area contributed by atoms with Crippen LogP contribution in [0.5, 0.6) is 0 Å². The van der Waals surface area contributed by atoms with Crippen LogP contribution in [0.3, 0.4) is 0 Å². The number of pyridine rings is 1. The minimum Gasteiger partial charge on any atom is -0.444 e. The van der Waals surface area contributed by atoms with Crippen LogP contribution >= 0.6 is 0 Å². The summed E-state index contributed by atoms with van der Waals surface area (Å²) >= 11 is 0. The Labute approximate surface area is 159 Å². The summed E-state index contributed by atoms with van der Waals surface area (Å²) in [4.78, 5) is 32.9. The minimum atomic E-state index is -0.390. The highest BCUT2D eigenvalue weighted by Crippen LogP contribution is 2.18. The highest BCUT2D eigenvalue weighted by Gasteiger charge is 2.20. The van der Waals surface area contributed by atoms with E-state index in [1.54, 1.807) is 18.5 Å². The molecular formula is C20H28N4O3. The third-order valence-electron chi connectivity index (χ3n) is 3.93. The molecule has 7 heteroatoms. The molecule has 0 unspecified atom stereocenters. The average Bonchev–Trinajstić information content (AvgIpc) is 2.62. The van der Waals surface area contributed by atoms with Gasteiger partial charge in [0, 0.05) is 36.3 Å². The molecule has 0 spiro atoms. The molecule has 3 rings (SSSR count). The predicted molar refractivity (Wildman–Crippen MR) is 104 cm³/mol. The van der Waals surface area contributed by atoms with Gasteiger partial charge in [-0.15, -0.1) is 0 Å². The van der Waals surface area contributed by atoms with Crippen molar-refractivity contribution in [2.75, 3.05) is 0 Å². The second-order valence-electron chi connectivity index (χ2n) is 7.51. The topological polar surface area (TPSA) is 97.0 Å². The lowest BCUT2D eigenvalue weighted by Crippen LogP contribution is -2.39. The third-order valence-corrected chi connectivity index (χ3v) is 3.93. The predicted octanol–water partition coefficient (Wildman–Crippen LogP) is 3.68. The van der Waals surface area contributed by atoms with Crippen LogP contribution < -0.4 is 10.9 Å². The SMILES string of the molecule is CC(C)(C)OC(=O)NC1CCCCC1.O=c1ccnc(-c2cccnc2)[nH]1. The zero-order valence-electron chi connectivity index (χ0n) is 16.2. The number of rotatable bonds is 2. The second kappa shape index (κ2) is 9.85. The number of nitrogens with one attached hydrogen (secondary N) is 2. The first-order valence-corrected chi connectivity index (χ1v) is 9.29. The molecule has 0 atom stereocenters. The number of H-pyrrole nitrogens is 1. The van der Waals surface area contributed by atoms with E-state index in [9.17, 15) is 9.59 Å². The standard InChI is InChI=1S/C11H21NO2.C9H7N3O/c1-11(2,3)14-10(13)12-9-7-5-4-6-8-9;13-8-3-5-11-9(12-8)7-2-1-4-10-6-7/h9H,4-8H2,1-3H3,(H,12,13);1-6H,(H,11,12,13). The molecule has 2 aromatic rings. The highest BCUT2D eigenvalue weighted by atomic mass is 16.6. The van der Waals surface area contributed by atoms with Gasteiger partial charge in [0.25, 0.3) is 5.56 Å². The van der Waals surface area contributed by atoms with E-state index in [2.05, 4.69) is 20.3 Å². The fourth-order valence-electron chi connectivity index (χ4n) is 2.74. The minimum absolute atomic E-state index is 0.158. The van der Waals surface area contributed by atoms with Crippen molar-refractivity contribution in [2.45, 2.75) is 64.5 Å². The van der Waals surface area contributed by atoms with Gasteiger partial charge in [-0.3, -0.25) is 9.78 Å². The van der Waals surface area contributed by atoms with Gasteiger partial charge in [0.1, 0.15) is 11.4 Å². The molecule has 2 N–H and O–H groups in total. The van der Waals surface area contributed by atoms with E-state index >= 15 is 0 Å². The summed E-state index contributed by atoms with van der Waals surface area (Å²) in [7, 11) is 0. The van der Waals surface area contributed by atoms with Crippen LogP contribution in [0.2, 0.25) is 0 Å². The lowest BCUT2D eigenvalue weighted by atomic mass is 9.96. The Morgan fingerprint density at radius 1 is 1.19 bits per heavy atom. The quantitative estimate of drug-likeness (QED) is 0.838. The molecule has 7 nitrogen and oxygen atoms in total. The number of nitrogens with zero attached hydrogens (tertiary/aromatic N) is 2. The number of amides is 1. The molecular weight excluding hydrogens is 344 g/mol. The van der Waals surface area contributed by atoms with Crippen LogP contribution in [0.4, 0.5) is 4.79 Å². The van der Waals surface area contributed by atoms with Crippen LogP contribution in [0, 0.1) is 0 Å². The monoisotopic (exact) mass is 372 g/mol. The van der Waals surface area contributed by atoms with E-state index in [4.69, 9.17) is 4.74 Å². The average molecular weight is 372 g/mol. The molecule has 0 aromatic carbocycles. The number of hydrogen-bond donors (Lipinski definition) is 2. The smallest absolute Gasteiger partial charge is 0.407 e. The first-order valence-electron chi connectivity index (χ1n) is 9.29. The van der Waals surface area contributed by atoms with Gasteiger partial charge in [-0.25, -0.2) is 9.78 Å². The van der Waals surface area contributed by atoms with E-state index in [-0.39, 0.29) is 11.7 Å². The van der Waals surface area contributed by atoms with Crippen LogP contribution in [-0.4, -0.2) is 32.7 Å². The maximum absolute atomic E-state index is 11.4. The van der Waals surface area contributed by atoms with Crippen molar-refractivity contribution in [3.63, 3.8) is 0 Å². The number of aromatic nitrogens is 3. The molecule has 1 amide bonds. The van der Waals surface area contributed by atoms with Crippen LogP contribution in [0.1, 0.15) is 52.9 Å². The molecule has 27 heavy (non-hydrogen) atoms. The molecule has 1 aliphatic rings.